The maximum absolute atomic E-state index is 5.91. The monoisotopic (exact) mass is 308 g/mol. The lowest BCUT2D eigenvalue weighted by atomic mass is 10.3. The molecular weight excluding hydrogens is 288 g/mol. The molecular formula is C18H20N4O. The average molecular weight is 308 g/mol. The molecule has 3 aromatic rings. The van der Waals surface area contributed by atoms with Crippen LogP contribution in [0.3, 0.4) is 0 Å². The van der Waals surface area contributed by atoms with Crippen LogP contribution >= 0.6 is 0 Å². The minimum atomic E-state index is 0.630. The molecule has 1 fully saturated rings. The summed E-state index contributed by atoms with van der Waals surface area (Å²) in [6.07, 6.45) is 2.99. The number of hydrogen-bond acceptors (Lipinski definition) is 4. The highest BCUT2D eigenvalue weighted by atomic mass is 16.3. The zero-order valence-corrected chi connectivity index (χ0v) is 13.1. The number of benzene rings is 1. The van der Waals surface area contributed by atoms with Crippen LogP contribution in [0.2, 0.25) is 0 Å². The van der Waals surface area contributed by atoms with Gasteiger partial charge in [-0.25, -0.2) is 0 Å². The molecule has 0 radical (unpaired) electrons. The van der Waals surface area contributed by atoms with Gasteiger partial charge in [0.1, 0.15) is 17.8 Å². The molecule has 4 rings (SSSR count). The number of hydrogen-bond donors (Lipinski definition) is 1. The summed E-state index contributed by atoms with van der Waals surface area (Å²) in [4.78, 5) is 0. The molecule has 2 heterocycles. The molecule has 2 atom stereocenters. The van der Waals surface area contributed by atoms with E-state index in [-0.39, 0.29) is 0 Å². The fraction of sp³-hybridized carbons (Fsp3) is 0.333. The zero-order valence-electron chi connectivity index (χ0n) is 13.1. The number of nitrogens with zero attached hydrogens (tertiary/aromatic N) is 3. The van der Waals surface area contributed by atoms with E-state index in [4.69, 9.17) is 4.42 Å². The first-order chi connectivity index (χ1) is 11.3. The van der Waals surface area contributed by atoms with E-state index in [1.807, 2.05) is 34.9 Å². The Balaban J connectivity index is 1.37. The summed E-state index contributed by atoms with van der Waals surface area (Å²) in [5.41, 5.74) is 1.07. The van der Waals surface area contributed by atoms with Gasteiger partial charge in [0.2, 0.25) is 0 Å². The van der Waals surface area contributed by atoms with E-state index in [0.717, 1.165) is 29.0 Å². The summed E-state index contributed by atoms with van der Waals surface area (Å²) in [6.45, 7) is 3.61. The first kappa shape index (κ1) is 14.2. The van der Waals surface area contributed by atoms with Gasteiger partial charge in [-0.2, -0.15) is 0 Å². The minimum Gasteiger partial charge on any atom is -0.464 e. The molecule has 0 bridgehead atoms. The Kier molecular flexibility index (Phi) is 3.71. The Morgan fingerprint density at radius 2 is 2.00 bits per heavy atom. The van der Waals surface area contributed by atoms with E-state index in [1.54, 1.807) is 6.33 Å². The molecule has 2 unspecified atom stereocenters. The van der Waals surface area contributed by atoms with Gasteiger partial charge in [-0.05, 0) is 36.6 Å². The third-order valence-corrected chi connectivity index (χ3v) is 4.39. The fourth-order valence-electron chi connectivity index (χ4n) is 2.89. The van der Waals surface area contributed by atoms with Crippen molar-refractivity contribution in [2.24, 2.45) is 5.92 Å². The van der Waals surface area contributed by atoms with Crippen LogP contribution in [-0.4, -0.2) is 14.8 Å². The lowest BCUT2D eigenvalue weighted by Gasteiger charge is -2.06. The van der Waals surface area contributed by atoms with Crippen molar-refractivity contribution in [2.45, 2.75) is 32.4 Å². The second-order valence-electron chi connectivity index (χ2n) is 6.18. The zero-order chi connectivity index (χ0) is 15.6. The molecule has 23 heavy (non-hydrogen) atoms. The van der Waals surface area contributed by atoms with Crippen molar-refractivity contribution in [3.05, 3.63) is 66.1 Å². The second kappa shape index (κ2) is 6.01. The molecule has 1 saturated carbocycles. The number of furan rings is 1. The lowest BCUT2D eigenvalue weighted by Crippen LogP contribution is -2.15. The van der Waals surface area contributed by atoms with Crippen LogP contribution < -0.4 is 5.32 Å². The maximum Gasteiger partial charge on any atom is 0.151 e. The number of aromatic nitrogens is 3. The van der Waals surface area contributed by atoms with Crippen LogP contribution in [0.4, 0.5) is 0 Å². The predicted octanol–water partition coefficient (Wildman–Crippen LogP) is 3.27. The average Bonchev–Trinajstić information content (AvgIpc) is 2.99. The summed E-state index contributed by atoms with van der Waals surface area (Å²) in [5, 5.41) is 11.6. The van der Waals surface area contributed by atoms with Gasteiger partial charge < -0.3 is 9.73 Å². The molecule has 118 valence electrons. The van der Waals surface area contributed by atoms with Gasteiger partial charge >= 0.3 is 0 Å². The summed E-state index contributed by atoms with van der Waals surface area (Å²) in [6, 6.07) is 14.3. The standard InChI is InChI=1S/C18H20N4O/c1-13-9-16(13)17-8-7-15(23-17)10-19-11-18-21-20-12-22(18)14-5-3-2-4-6-14/h2-8,12-13,16,19H,9-11H2,1H3. The van der Waals surface area contributed by atoms with Crippen molar-refractivity contribution >= 4 is 0 Å². The van der Waals surface area contributed by atoms with Crippen LogP contribution in [0.25, 0.3) is 5.69 Å². The molecule has 1 N–H and O–H groups in total. The van der Waals surface area contributed by atoms with Gasteiger partial charge in [0.25, 0.3) is 0 Å². The van der Waals surface area contributed by atoms with Crippen LogP contribution in [0.15, 0.2) is 53.2 Å². The highest BCUT2D eigenvalue weighted by molar-refractivity contribution is 5.31. The summed E-state index contributed by atoms with van der Waals surface area (Å²) < 4.78 is 7.90. The molecule has 5 heteroatoms. The Hall–Kier alpha value is -2.40. The molecule has 0 spiro atoms. The van der Waals surface area contributed by atoms with Gasteiger partial charge in [-0.3, -0.25) is 4.57 Å². The van der Waals surface area contributed by atoms with E-state index < -0.39 is 0 Å². The SMILES string of the molecule is CC1CC1c1ccc(CNCc2nncn2-c2ccccc2)o1. The smallest absolute Gasteiger partial charge is 0.151 e. The lowest BCUT2D eigenvalue weighted by molar-refractivity contribution is 0.442. The van der Waals surface area contributed by atoms with Crippen molar-refractivity contribution in [2.75, 3.05) is 0 Å². The maximum atomic E-state index is 5.91. The summed E-state index contributed by atoms with van der Waals surface area (Å²) in [7, 11) is 0. The van der Waals surface area contributed by atoms with Crippen LogP contribution in [0.5, 0.6) is 0 Å². The van der Waals surface area contributed by atoms with Crippen LogP contribution in [0, 0.1) is 5.92 Å². The topological polar surface area (TPSA) is 55.9 Å². The Morgan fingerprint density at radius 1 is 1.17 bits per heavy atom. The van der Waals surface area contributed by atoms with Gasteiger partial charge in [0, 0.05) is 11.6 Å². The van der Waals surface area contributed by atoms with Crippen molar-refractivity contribution < 1.29 is 4.42 Å². The normalized spacial score (nSPS) is 19.9. The quantitative estimate of drug-likeness (QED) is 0.759. The van der Waals surface area contributed by atoms with Crippen molar-refractivity contribution in [1.29, 1.82) is 0 Å². The van der Waals surface area contributed by atoms with Crippen LogP contribution in [-0.2, 0) is 13.1 Å². The molecule has 2 aromatic heterocycles. The molecule has 0 amide bonds. The van der Waals surface area contributed by atoms with Gasteiger partial charge in [-0.1, -0.05) is 25.1 Å². The van der Waals surface area contributed by atoms with Gasteiger partial charge in [0.15, 0.2) is 5.82 Å². The third-order valence-electron chi connectivity index (χ3n) is 4.39. The highest BCUT2D eigenvalue weighted by Gasteiger charge is 2.36. The molecule has 5 nitrogen and oxygen atoms in total. The van der Waals surface area contributed by atoms with Crippen LogP contribution in [0.1, 0.15) is 36.6 Å². The highest BCUT2D eigenvalue weighted by Crippen LogP contribution is 2.47. The second-order valence-corrected chi connectivity index (χ2v) is 6.18. The Labute approximate surface area is 135 Å². The molecule has 0 saturated heterocycles. The number of rotatable bonds is 6. The van der Waals surface area contributed by atoms with E-state index in [9.17, 15) is 0 Å². The van der Waals surface area contributed by atoms with Gasteiger partial charge in [0.05, 0.1) is 13.1 Å². The van der Waals surface area contributed by atoms with E-state index in [0.29, 0.717) is 19.0 Å². The minimum absolute atomic E-state index is 0.630. The third kappa shape index (κ3) is 3.05. The molecule has 1 aliphatic rings. The number of nitrogens with one attached hydrogen (secondary N) is 1. The molecule has 1 aliphatic carbocycles. The Morgan fingerprint density at radius 3 is 2.78 bits per heavy atom. The van der Waals surface area contributed by atoms with Gasteiger partial charge in [-0.15, -0.1) is 10.2 Å². The van der Waals surface area contributed by atoms with Crippen molar-refractivity contribution in [1.82, 2.24) is 20.1 Å². The predicted molar refractivity (Wildman–Crippen MR) is 87.1 cm³/mol. The summed E-state index contributed by atoms with van der Waals surface area (Å²) >= 11 is 0. The Bertz CT molecular complexity index is 777. The number of para-hydroxylation sites is 1. The fourth-order valence-corrected chi connectivity index (χ4v) is 2.89. The first-order valence-electron chi connectivity index (χ1n) is 8.05. The molecule has 0 aliphatic heterocycles. The van der Waals surface area contributed by atoms with Crippen molar-refractivity contribution in [3.63, 3.8) is 0 Å². The van der Waals surface area contributed by atoms with Crippen molar-refractivity contribution in [3.8, 4) is 5.69 Å². The van der Waals surface area contributed by atoms with E-state index in [2.05, 4.69) is 34.6 Å². The largest absolute Gasteiger partial charge is 0.464 e. The summed E-state index contributed by atoms with van der Waals surface area (Å²) in [5.74, 6) is 4.39. The van der Waals surface area contributed by atoms with E-state index >= 15 is 0 Å². The molecule has 1 aromatic carbocycles. The van der Waals surface area contributed by atoms with E-state index in [1.165, 1.54) is 6.42 Å². The first-order valence-corrected chi connectivity index (χ1v) is 8.05.